The van der Waals surface area contributed by atoms with Crippen molar-refractivity contribution >= 4 is 29.3 Å². The van der Waals surface area contributed by atoms with Crippen molar-refractivity contribution in [3.05, 3.63) is 5.82 Å². The summed E-state index contributed by atoms with van der Waals surface area (Å²) in [5.41, 5.74) is 0. The van der Waals surface area contributed by atoms with E-state index in [0.29, 0.717) is 12.2 Å². The largest absolute Gasteiger partial charge is 0.469 e. The van der Waals surface area contributed by atoms with Gasteiger partial charge in [-0.1, -0.05) is 11.8 Å². The zero-order chi connectivity index (χ0) is 9.68. The number of aryl methyl sites for hydroxylation is 1. The summed E-state index contributed by atoms with van der Waals surface area (Å²) in [4.78, 5) is 14.9. The molecule has 0 saturated heterocycles. The number of ether oxygens (including phenoxy) is 1. The molecule has 4 nitrogen and oxygen atoms in total. The molecule has 0 aliphatic heterocycles. The molecule has 0 aliphatic rings. The molecular weight excluding hydrogens is 208 g/mol. The first-order valence-electron chi connectivity index (χ1n) is 3.72. The highest BCUT2D eigenvalue weighted by Crippen LogP contribution is 2.20. The normalized spacial score (nSPS) is 10.0. The molecule has 1 aromatic heterocycles. The smallest absolute Gasteiger partial charge is 0.306 e. The SMILES string of the molecule is COC(=O)CCSc1nc(C)ns1. The third-order valence-corrected chi connectivity index (χ3v) is 3.19. The molecule has 0 spiro atoms. The average molecular weight is 218 g/mol. The van der Waals surface area contributed by atoms with Gasteiger partial charge in [0.2, 0.25) is 0 Å². The first-order chi connectivity index (χ1) is 6.22. The Labute approximate surface area is 84.9 Å². The summed E-state index contributed by atoms with van der Waals surface area (Å²) in [5, 5.41) is 0. The molecule has 0 atom stereocenters. The van der Waals surface area contributed by atoms with Gasteiger partial charge >= 0.3 is 5.97 Å². The molecule has 1 aromatic rings. The number of aromatic nitrogens is 2. The Morgan fingerprint density at radius 2 is 2.46 bits per heavy atom. The van der Waals surface area contributed by atoms with Gasteiger partial charge in [0.05, 0.1) is 13.5 Å². The van der Waals surface area contributed by atoms with Crippen LogP contribution in [-0.4, -0.2) is 28.2 Å². The third-order valence-electron chi connectivity index (χ3n) is 1.27. The number of hydrogen-bond donors (Lipinski definition) is 0. The van der Waals surface area contributed by atoms with E-state index in [9.17, 15) is 4.79 Å². The predicted octanol–water partition coefficient (Wildman–Crippen LogP) is 1.50. The second kappa shape index (κ2) is 5.18. The molecule has 0 fully saturated rings. The Balaban J connectivity index is 2.24. The molecule has 0 bridgehead atoms. The lowest BCUT2D eigenvalue weighted by Crippen LogP contribution is -2.00. The highest BCUT2D eigenvalue weighted by molar-refractivity contribution is 8.00. The van der Waals surface area contributed by atoms with E-state index in [1.807, 2.05) is 6.92 Å². The van der Waals surface area contributed by atoms with Crippen LogP contribution < -0.4 is 0 Å². The first kappa shape index (κ1) is 10.5. The molecule has 0 unspecified atom stereocenters. The van der Waals surface area contributed by atoms with Crippen molar-refractivity contribution in [1.29, 1.82) is 0 Å². The van der Waals surface area contributed by atoms with Crippen LogP contribution in [0.2, 0.25) is 0 Å². The van der Waals surface area contributed by atoms with E-state index in [-0.39, 0.29) is 5.97 Å². The number of thioether (sulfide) groups is 1. The van der Waals surface area contributed by atoms with Crippen molar-refractivity contribution in [2.24, 2.45) is 0 Å². The maximum Gasteiger partial charge on any atom is 0.306 e. The van der Waals surface area contributed by atoms with Crippen LogP contribution in [0, 0.1) is 6.92 Å². The Kier molecular flexibility index (Phi) is 4.17. The Bertz CT molecular complexity index is 288. The number of rotatable bonds is 4. The van der Waals surface area contributed by atoms with Crippen LogP contribution in [0.5, 0.6) is 0 Å². The van der Waals surface area contributed by atoms with Crippen LogP contribution in [0.15, 0.2) is 4.34 Å². The molecule has 6 heteroatoms. The minimum Gasteiger partial charge on any atom is -0.469 e. The number of nitrogens with zero attached hydrogens (tertiary/aromatic N) is 2. The maximum absolute atomic E-state index is 10.7. The number of methoxy groups -OCH3 is 1. The Hall–Kier alpha value is -0.620. The van der Waals surface area contributed by atoms with E-state index in [4.69, 9.17) is 0 Å². The molecule has 1 rings (SSSR count). The molecule has 1 heterocycles. The van der Waals surface area contributed by atoms with Crippen molar-refractivity contribution < 1.29 is 9.53 Å². The second-order valence-corrected chi connectivity index (χ2v) is 4.38. The quantitative estimate of drug-likeness (QED) is 0.566. The number of carbonyl (C=O) groups is 1. The fourth-order valence-corrected chi connectivity index (χ4v) is 2.30. The molecule has 0 radical (unpaired) electrons. The molecular formula is C7H10N2O2S2. The molecule has 0 saturated carbocycles. The number of esters is 1. The number of carbonyl (C=O) groups excluding carboxylic acids is 1. The zero-order valence-corrected chi connectivity index (χ0v) is 9.07. The topological polar surface area (TPSA) is 52.1 Å². The molecule has 0 aliphatic carbocycles. The summed E-state index contributed by atoms with van der Waals surface area (Å²) in [7, 11) is 1.39. The van der Waals surface area contributed by atoms with Gasteiger partial charge in [-0.25, -0.2) is 4.98 Å². The van der Waals surface area contributed by atoms with Gasteiger partial charge in [-0.15, -0.1) is 0 Å². The predicted molar refractivity (Wildman–Crippen MR) is 52.0 cm³/mol. The van der Waals surface area contributed by atoms with Gasteiger partial charge in [0.25, 0.3) is 0 Å². The molecule has 72 valence electrons. The van der Waals surface area contributed by atoms with Crippen LogP contribution >= 0.6 is 23.3 Å². The molecule has 0 aromatic carbocycles. The van der Waals surface area contributed by atoms with Crippen LogP contribution in [-0.2, 0) is 9.53 Å². The van der Waals surface area contributed by atoms with Gasteiger partial charge in [-0.05, 0) is 18.5 Å². The lowest BCUT2D eigenvalue weighted by atomic mass is 10.5. The molecule has 0 N–H and O–H groups in total. The summed E-state index contributed by atoms with van der Waals surface area (Å²) in [5.74, 6) is 1.29. The summed E-state index contributed by atoms with van der Waals surface area (Å²) in [6, 6.07) is 0. The standard InChI is InChI=1S/C7H10N2O2S2/c1-5-8-7(13-9-5)12-4-3-6(10)11-2/h3-4H2,1-2H3. The van der Waals surface area contributed by atoms with Crippen molar-refractivity contribution in [3.63, 3.8) is 0 Å². The summed E-state index contributed by atoms with van der Waals surface area (Å²) < 4.78 is 9.44. The highest BCUT2D eigenvalue weighted by Gasteiger charge is 2.03. The minimum atomic E-state index is -0.186. The monoisotopic (exact) mass is 218 g/mol. The van der Waals surface area contributed by atoms with Gasteiger partial charge in [0, 0.05) is 5.75 Å². The van der Waals surface area contributed by atoms with Crippen LogP contribution in [0.1, 0.15) is 12.2 Å². The zero-order valence-electron chi connectivity index (χ0n) is 7.44. The first-order valence-corrected chi connectivity index (χ1v) is 5.48. The second-order valence-electron chi connectivity index (χ2n) is 2.28. The Morgan fingerprint density at radius 3 is 3.00 bits per heavy atom. The van der Waals surface area contributed by atoms with Crippen molar-refractivity contribution in [2.45, 2.75) is 17.7 Å². The molecule has 13 heavy (non-hydrogen) atoms. The van der Waals surface area contributed by atoms with Crippen LogP contribution in [0.3, 0.4) is 0 Å². The number of hydrogen-bond acceptors (Lipinski definition) is 6. The third kappa shape index (κ3) is 3.73. The average Bonchev–Trinajstić information content (AvgIpc) is 2.51. The lowest BCUT2D eigenvalue weighted by molar-refractivity contribution is -0.140. The van der Waals surface area contributed by atoms with Crippen molar-refractivity contribution in [2.75, 3.05) is 12.9 Å². The summed E-state index contributed by atoms with van der Waals surface area (Å²) in [6.07, 6.45) is 0.416. The van der Waals surface area contributed by atoms with E-state index >= 15 is 0 Å². The van der Waals surface area contributed by atoms with Crippen LogP contribution in [0.4, 0.5) is 0 Å². The van der Waals surface area contributed by atoms with E-state index < -0.39 is 0 Å². The molecule has 0 amide bonds. The maximum atomic E-state index is 10.7. The van der Waals surface area contributed by atoms with E-state index in [2.05, 4.69) is 14.1 Å². The van der Waals surface area contributed by atoms with E-state index in [0.717, 1.165) is 10.2 Å². The summed E-state index contributed by atoms with van der Waals surface area (Å²) in [6.45, 7) is 1.85. The van der Waals surface area contributed by atoms with Gasteiger partial charge in [-0.2, -0.15) is 4.37 Å². The van der Waals surface area contributed by atoms with E-state index in [1.54, 1.807) is 0 Å². The van der Waals surface area contributed by atoms with Crippen molar-refractivity contribution in [3.8, 4) is 0 Å². The van der Waals surface area contributed by atoms with E-state index in [1.165, 1.54) is 30.4 Å². The minimum absolute atomic E-state index is 0.186. The van der Waals surface area contributed by atoms with Gasteiger partial charge in [0.1, 0.15) is 5.82 Å². The van der Waals surface area contributed by atoms with Gasteiger partial charge in [0.15, 0.2) is 4.34 Å². The van der Waals surface area contributed by atoms with Crippen LogP contribution in [0.25, 0.3) is 0 Å². The fraction of sp³-hybridized carbons (Fsp3) is 0.571. The summed E-state index contributed by atoms with van der Waals surface area (Å²) >= 11 is 2.89. The van der Waals surface area contributed by atoms with Crippen molar-refractivity contribution in [1.82, 2.24) is 9.36 Å². The highest BCUT2D eigenvalue weighted by atomic mass is 32.2. The lowest BCUT2D eigenvalue weighted by Gasteiger charge is -1.95. The fourth-order valence-electron chi connectivity index (χ4n) is 0.660. The van der Waals surface area contributed by atoms with Gasteiger partial charge < -0.3 is 4.74 Å². The van der Waals surface area contributed by atoms with Gasteiger partial charge in [-0.3, -0.25) is 4.79 Å². The Morgan fingerprint density at radius 1 is 1.69 bits per heavy atom.